The monoisotopic (exact) mass is 309 g/mol. The zero-order valence-electron chi connectivity index (χ0n) is 10.0. The summed E-state index contributed by atoms with van der Waals surface area (Å²) in [4.78, 5) is 1.32. The second kappa shape index (κ2) is 5.34. The Bertz CT molecular complexity index is 519. The maximum atomic E-state index is 6.28. The number of halogens is 1. The average Bonchev–Trinajstić information content (AvgIpc) is 2.63. The third-order valence-corrected chi connectivity index (χ3v) is 4.52. The Hall–Kier alpha value is -0.640. The van der Waals surface area contributed by atoms with E-state index in [1.165, 1.54) is 25.4 Å². The van der Waals surface area contributed by atoms with Crippen LogP contribution in [0.4, 0.5) is 0 Å². The highest BCUT2D eigenvalue weighted by molar-refractivity contribution is 9.11. The molecule has 1 aromatic carbocycles. The minimum Gasteiger partial charge on any atom is -0.324 e. The van der Waals surface area contributed by atoms with Gasteiger partial charge in [-0.15, -0.1) is 11.3 Å². The Labute approximate surface area is 115 Å². The largest absolute Gasteiger partial charge is 0.324 e. The maximum Gasteiger partial charge on any atom is 0.0701 e. The van der Waals surface area contributed by atoms with Crippen molar-refractivity contribution in [3.05, 3.63) is 55.7 Å². The van der Waals surface area contributed by atoms with Crippen molar-refractivity contribution >= 4 is 27.3 Å². The fraction of sp³-hybridized carbons (Fsp3) is 0.286. The molecular weight excluding hydrogens is 294 g/mol. The lowest BCUT2D eigenvalue weighted by Crippen LogP contribution is -2.14. The van der Waals surface area contributed by atoms with Crippen molar-refractivity contribution in [2.75, 3.05) is 0 Å². The van der Waals surface area contributed by atoms with Crippen molar-refractivity contribution in [1.82, 2.24) is 0 Å². The molecule has 1 nitrogen and oxygen atoms in total. The van der Waals surface area contributed by atoms with E-state index in [2.05, 4.69) is 60.1 Å². The number of nitrogens with two attached hydrogens (primary N) is 1. The molecule has 0 aliphatic rings. The fourth-order valence-electron chi connectivity index (χ4n) is 2.03. The number of rotatable bonds is 3. The molecule has 90 valence electrons. The molecule has 0 aliphatic carbocycles. The molecular formula is C14H16BrNS. The van der Waals surface area contributed by atoms with Gasteiger partial charge in [0.15, 0.2) is 0 Å². The Balaban J connectivity index is 2.17. The van der Waals surface area contributed by atoms with Crippen LogP contribution < -0.4 is 5.73 Å². The van der Waals surface area contributed by atoms with Gasteiger partial charge in [-0.1, -0.05) is 23.8 Å². The number of aryl methyl sites for hydroxylation is 2. The first kappa shape index (κ1) is 12.8. The second-order valence-electron chi connectivity index (χ2n) is 4.38. The van der Waals surface area contributed by atoms with E-state index < -0.39 is 0 Å². The molecule has 1 unspecified atom stereocenters. The third kappa shape index (κ3) is 3.18. The molecule has 1 aromatic heterocycles. The molecule has 1 atom stereocenters. The van der Waals surface area contributed by atoms with Gasteiger partial charge in [0.2, 0.25) is 0 Å². The van der Waals surface area contributed by atoms with Crippen molar-refractivity contribution in [3.63, 3.8) is 0 Å². The van der Waals surface area contributed by atoms with E-state index >= 15 is 0 Å². The first-order chi connectivity index (χ1) is 8.06. The van der Waals surface area contributed by atoms with Gasteiger partial charge in [-0.2, -0.15) is 0 Å². The van der Waals surface area contributed by atoms with E-state index in [0.29, 0.717) is 0 Å². The minimum atomic E-state index is 0.0844. The first-order valence-corrected chi connectivity index (χ1v) is 7.24. The van der Waals surface area contributed by atoms with E-state index in [4.69, 9.17) is 5.73 Å². The highest BCUT2D eigenvalue weighted by atomic mass is 79.9. The summed E-state index contributed by atoms with van der Waals surface area (Å²) in [6.07, 6.45) is 0.903. The number of thiophene rings is 1. The van der Waals surface area contributed by atoms with Crippen LogP contribution in [0.5, 0.6) is 0 Å². The molecule has 0 aliphatic heterocycles. The van der Waals surface area contributed by atoms with Crippen LogP contribution in [-0.4, -0.2) is 0 Å². The fourth-order valence-corrected chi connectivity index (χ4v) is 3.57. The second-order valence-corrected chi connectivity index (χ2v) is 6.92. The molecule has 1 heterocycles. The molecule has 2 rings (SSSR count). The van der Waals surface area contributed by atoms with E-state index in [0.717, 1.165) is 6.42 Å². The lowest BCUT2D eigenvalue weighted by molar-refractivity contribution is 0.724. The van der Waals surface area contributed by atoms with Crippen LogP contribution in [0, 0.1) is 13.8 Å². The Morgan fingerprint density at radius 3 is 2.59 bits per heavy atom. The zero-order chi connectivity index (χ0) is 12.4. The Kier molecular flexibility index (Phi) is 4.02. The van der Waals surface area contributed by atoms with Crippen LogP contribution in [0.25, 0.3) is 0 Å². The van der Waals surface area contributed by atoms with Gasteiger partial charge in [-0.25, -0.2) is 0 Å². The van der Waals surface area contributed by atoms with Crippen molar-refractivity contribution < 1.29 is 0 Å². The van der Waals surface area contributed by atoms with Crippen LogP contribution in [0.2, 0.25) is 0 Å². The summed E-state index contributed by atoms with van der Waals surface area (Å²) in [5.41, 5.74) is 10.1. The number of hydrogen-bond donors (Lipinski definition) is 1. The normalized spacial score (nSPS) is 12.7. The molecule has 0 saturated heterocycles. The van der Waals surface area contributed by atoms with Gasteiger partial charge in [0.25, 0.3) is 0 Å². The topological polar surface area (TPSA) is 26.0 Å². The van der Waals surface area contributed by atoms with Crippen molar-refractivity contribution in [2.24, 2.45) is 5.73 Å². The van der Waals surface area contributed by atoms with E-state index in [9.17, 15) is 0 Å². The summed E-state index contributed by atoms with van der Waals surface area (Å²) in [5, 5.41) is 0. The molecule has 2 N–H and O–H groups in total. The lowest BCUT2D eigenvalue weighted by Gasteiger charge is -2.14. The summed E-state index contributed by atoms with van der Waals surface area (Å²) >= 11 is 5.24. The highest BCUT2D eigenvalue weighted by Gasteiger charge is 2.11. The summed E-state index contributed by atoms with van der Waals surface area (Å²) < 4.78 is 1.17. The van der Waals surface area contributed by atoms with Crippen LogP contribution in [-0.2, 0) is 6.42 Å². The molecule has 0 bridgehead atoms. The zero-order valence-corrected chi connectivity index (χ0v) is 12.4. The molecule has 0 amide bonds. The molecule has 0 fully saturated rings. The lowest BCUT2D eigenvalue weighted by atomic mass is 9.97. The smallest absolute Gasteiger partial charge is 0.0701 e. The van der Waals surface area contributed by atoms with Crippen molar-refractivity contribution in [1.29, 1.82) is 0 Å². The highest BCUT2D eigenvalue weighted by Crippen LogP contribution is 2.27. The molecule has 0 spiro atoms. The average molecular weight is 310 g/mol. The maximum absolute atomic E-state index is 6.28. The summed E-state index contributed by atoms with van der Waals surface area (Å²) in [6.45, 7) is 4.24. The van der Waals surface area contributed by atoms with Crippen molar-refractivity contribution in [3.8, 4) is 0 Å². The minimum absolute atomic E-state index is 0.0844. The summed E-state index contributed by atoms with van der Waals surface area (Å²) in [7, 11) is 0. The Morgan fingerprint density at radius 2 is 2.00 bits per heavy atom. The van der Waals surface area contributed by atoms with Crippen LogP contribution in [0.3, 0.4) is 0 Å². The van der Waals surface area contributed by atoms with Gasteiger partial charge in [-0.3, -0.25) is 0 Å². The predicted molar refractivity (Wildman–Crippen MR) is 78.6 cm³/mol. The third-order valence-electron chi connectivity index (χ3n) is 2.87. The number of benzene rings is 1. The quantitative estimate of drug-likeness (QED) is 0.895. The van der Waals surface area contributed by atoms with Gasteiger partial charge < -0.3 is 5.73 Å². The van der Waals surface area contributed by atoms with Crippen LogP contribution >= 0.6 is 27.3 Å². The SMILES string of the molecule is Cc1ccc(C(N)Cc2ccc(Br)s2)c(C)c1. The summed E-state index contributed by atoms with van der Waals surface area (Å²) in [5.74, 6) is 0. The number of hydrogen-bond acceptors (Lipinski definition) is 2. The van der Waals surface area contributed by atoms with Gasteiger partial charge in [-0.05, 0) is 53.0 Å². The van der Waals surface area contributed by atoms with Gasteiger partial charge in [0, 0.05) is 17.3 Å². The van der Waals surface area contributed by atoms with Gasteiger partial charge in [0.05, 0.1) is 3.79 Å². The molecule has 3 heteroatoms. The van der Waals surface area contributed by atoms with E-state index in [-0.39, 0.29) is 6.04 Å². The molecule has 2 aromatic rings. The first-order valence-electron chi connectivity index (χ1n) is 5.63. The Morgan fingerprint density at radius 1 is 1.24 bits per heavy atom. The van der Waals surface area contributed by atoms with Crippen molar-refractivity contribution in [2.45, 2.75) is 26.3 Å². The molecule has 17 heavy (non-hydrogen) atoms. The predicted octanol–water partition coefficient (Wildman–Crippen LogP) is 4.37. The van der Waals surface area contributed by atoms with E-state index in [1.807, 2.05) is 0 Å². The van der Waals surface area contributed by atoms with Crippen LogP contribution in [0.15, 0.2) is 34.1 Å². The molecule has 0 radical (unpaired) electrons. The van der Waals surface area contributed by atoms with Gasteiger partial charge in [0.1, 0.15) is 0 Å². The molecule has 0 saturated carbocycles. The van der Waals surface area contributed by atoms with E-state index in [1.54, 1.807) is 11.3 Å². The van der Waals surface area contributed by atoms with Gasteiger partial charge >= 0.3 is 0 Å². The van der Waals surface area contributed by atoms with Crippen LogP contribution in [0.1, 0.15) is 27.6 Å². The standard InChI is InChI=1S/C14H16BrNS/c1-9-3-5-12(10(2)7-9)13(16)8-11-4-6-14(15)17-11/h3-7,13H,8,16H2,1-2H3. The summed E-state index contributed by atoms with van der Waals surface area (Å²) in [6, 6.07) is 10.8.